The van der Waals surface area contributed by atoms with Crippen molar-refractivity contribution in [3.63, 3.8) is 0 Å². The number of nitrogens with zero attached hydrogens (tertiary/aromatic N) is 4. The van der Waals surface area contributed by atoms with Crippen LogP contribution >= 0.6 is 0 Å². The van der Waals surface area contributed by atoms with Crippen molar-refractivity contribution in [1.29, 1.82) is 0 Å². The number of rotatable bonds is 2. The number of hydrogen-bond acceptors (Lipinski definition) is 6. The van der Waals surface area contributed by atoms with Crippen LogP contribution in [0, 0.1) is 11.8 Å². The fourth-order valence-corrected chi connectivity index (χ4v) is 2.91. The number of allylic oxidation sites excluding steroid dienone is 2. The molecule has 1 saturated carbocycles. The van der Waals surface area contributed by atoms with E-state index in [1.54, 1.807) is 0 Å². The van der Waals surface area contributed by atoms with Crippen LogP contribution in [0.2, 0.25) is 0 Å². The Hall–Kier alpha value is -2.44. The van der Waals surface area contributed by atoms with Crippen LogP contribution in [-0.4, -0.2) is 26.8 Å². The van der Waals surface area contributed by atoms with Gasteiger partial charge in [0.25, 0.3) is 0 Å². The fourth-order valence-electron chi connectivity index (χ4n) is 2.91. The van der Waals surface area contributed by atoms with Gasteiger partial charge in [-0.25, -0.2) is 4.98 Å². The summed E-state index contributed by atoms with van der Waals surface area (Å²) in [5.41, 5.74) is -0.0339. The molecule has 0 saturated heterocycles. The first-order chi connectivity index (χ1) is 10.2. The van der Waals surface area contributed by atoms with Gasteiger partial charge in [0, 0.05) is 24.2 Å². The number of Topliss-reactive ketones (excluding diaryl/α,β-unsaturated/α-hetero) is 1. The first kappa shape index (κ1) is 13.5. The summed E-state index contributed by atoms with van der Waals surface area (Å²) in [4.78, 5) is 31.5. The number of aliphatic hydroxyl groups excluding tert-OH is 1. The van der Waals surface area contributed by atoms with E-state index in [9.17, 15) is 14.7 Å². The quantitative estimate of drug-likeness (QED) is 0.839. The van der Waals surface area contributed by atoms with Crippen molar-refractivity contribution in [2.45, 2.75) is 25.7 Å². The van der Waals surface area contributed by atoms with E-state index >= 15 is 0 Å². The van der Waals surface area contributed by atoms with E-state index in [1.807, 2.05) is 0 Å². The average Bonchev–Trinajstić information content (AvgIpc) is 2.78. The highest BCUT2D eigenvalue weighted by molar-refractivity contribution is 6.00. The maximum absolute atomic E-state index is 12.2. The second kappa shape index (κ2) is 5.51. The Labute approximate surface area is 120 Å². The molecule has 1 heterocycles. The van der Waals surface area contributed by atoms with E-state index in [0.717, 1.165) is 25.7 Å². The molecule has 2 aliphatic rings. The van der Waals surface area contributed by atoms with Gasteiger partial charge in [0.1, 0.15) is 11.5 Å². The molecular formula is C14H14N4O3. The zero-order valence-electron chi connectivity index (χ0n) is 11.3. The first-order valence-corrected chi connectivity index (χ1v) is 6.88. The summed E-state index contributed by atoms with van der Waals surface area (Å²) < 4.78 is 0. The van der Waals surface area contributed by atoms with Crippen LogP contribution in [0.1, 0.15) is 36.2 Å². The van der Waals surface area contributed by atoms with Crippen molar-refractivity contribution in [2.75, 3.05) is 0 Å². The molecule has 3 rings (SSSR count). The van der Waals surface area contributed by atoms with E-state index in [2.05, 4.69) is 20.2 Å². The molecule has 1 aromatic heterocycles. The highest BCUT2D eigenvalue weighted by atomic mass is 16.3. The van der Waals surface area contributed by atoms with Crippen LogP contribution in [0.25, 0.3) is 0 Å². The van der Waals surface area contributed by atoms with Gasteiger partial charge in [-0.15, -0.1) is 10.2 Å². The maximum Gasteiger partial charge on any atom is 0.315 e. The van der Waals surface area contributed by atoms with E-state index in [1.165, 1.54) is 18.6 Å². The Morgan fingerprint density at radius 2 is 2.00 bits per heavy atom. The predicted octanol–water partition coefficient (Wildman–Crippen LogP) is 2.23. The number of fused-ring (bicyclic) bond motifs is 1. The molecule has 0 aromatic carbocycles. The van der Waals surface area contributed by atoms with E-state index in [0.29, 0.717) is 0 Å². The molecule has 1 N–H and O–H groups in total. The molecule has 7 heteroatoms. The highest BCUT2D eigenvalue weighted by Gasteiger charge is 2.43. The van der Waals surface area contributed by atoms with Gasteiger partial charge in [-0.2, -0.15) is 0 Å². The SMILES string of the molecule is O=C(N=NC1=C(O)C2CCCCC2C1=O)c1cnccn1. The lowest BCUT2D eigenvalue weighted by Crippen LogP contribution is -2.21. The summed E-state index contributed by atoms with van der Waals surface area (Å²) in [6.07, 6.45) is 7.57. The number of ketones is 1. The van der Waals surface area contributed by atoms with Crippen LogP contribution in [0.5, 0.6) is 0 Å². The van der Waals surface area contributed by atoms with Gasteiger partial charge >= 0.3 is 5.91 Å². The standard InChI is InChI=1S/C14H14N4O3/c19-12-8-3-1-2-4-9(8)13(20)11(12)17-18-14(21)10-7-15-5-6-16-10/h5-9,19H,1-4H2. The fraction of sp³-hybridized carbons (Fsp3) is 0.429. The third kappa shape index (κ3) is 2.46. The molecule has 1 fully saturated rings. The summed E-state index contributed by atoms with van der Waals surface area (Å²) in [6.45, 7) is 0. The second-order valence-corrected chi connectivity index (χ2v) is 5.19. The van der Waals surface area contributed by atoms with E-state index in [-0.39, 0.29) is 34.8 Å². The van der Waals surface area contributed by atoms with Crippen molar-refractivity contribution >= 4 is 11.7 Å². The first-order valence-electron chi connectivity index (χ1n) is 6.88. The largest absolute Gasteiger partial charge is 0.510 e. The summed E-state index contributed by atoms with van der Waals surface area (Å²) in [5.74, 6) is -1.30. The molecule has 108 valence electrons. The molecule has 1 amide bonds. The normalized spacial score (nSPS) is 25.4. The molecule has 2 unspecified atom stereocenters. The minimum atomic E-state index is -0.689. The van der Waals surface area contributed by atoms with Crippen molar-refractivity contribution < 1.29 is 14.7 Å². The minimum Gasteiger partial charge on any atom is -0.510 e. The third-order valence-corrected chi connectivity index (χ3v) is 3.95. The molecular weight excluding hydrogens is 272 g/mol. The topological polar surface area (TPSA) is 105 Å². The number of amides is 1. The van der Waals surface area contributed by atoms with Gasteiger partial charge in [0.05, 0.1) is 6.20 Å². The summed E-state index contributed by atoms with van der Waals surface area (Å²) in [7, 11) is 0. The summed E-state index contributed by atoms with van der Waals surface area (Å²) >= 11 is 0. The van der Waals surface area contributed by atoms with Gasteiger partial charge in [-0.1, -0.05) is 12.8 Å². The molecule has 0 spiro atoms. The van der Waals surface area contributed by atoms with Crippen LogP contribution in [0.4, 0.5) is 0 Å². The van der Waals surface area contributed by atoms with E-state index < -0.39 is 5.91 Å². The Kier molecular flexibility index (Phi) is 3.55. The van der Waals surface area contributed by atoms with Crippen molar-refractivity contribution in [3.8, 4) is 0 Å². The Morgan fingerprint density at radius 3 is 2.67 bits per heavy atom. The second-order valence-electron chi connectivity index (χ2n) is 5.19. The molecule has 0 radical (unpaired) electrons. The lowest BCUT2D eigenvalue weighted by molar-refractivity contribution is -0.120. The van der Waals surface area contributed by atoms with Crippen LogP contribution in [0.3, 0.4) is 0 Å². The monoisotopic (exact) mass is 286 g/mol. The van der Waals surface area contributed by atoms with Gasteiger partial charge in [0.2, 0.25) is 0 Å². The van der Waals surface area contributed by atoms with Gasteiger partial charge in [0.15, 0.2) is 11.5 Å². The van der Waals surface area contributed by atoms with Crippen LogP contribution < -0.4 is 0 Å². The average molecular weight is 286 g/mol. The van der Waals surface area contributed by atoms with Crippen molar-refractivity contribution in [1.82, 2.24) is 9.97 Å². The molecule has 0 aliphatic heterocycles. The summed E-state index contributed by atoms with van der Waals surface area (Å²) in [6, 6.07) is 0. The molecule has 2 aliphatic carbocycles. The smallest absolute Gasteiger partial charge is 0.315 e. The third-order valence-electron chi connectivity index (χ3n) is 3.95. The van der Waals surface area contributed by atoms with Gasteiger partial charge in [-0.3, -0.25) is 14.6 Å². The number of azo groups is 1. The minimum absolute atomic E-state index is 0.0274. The van der Waals surface area contributed by atoms with Gasteiger partial charge in [-0.05, 0) is 12.8 Å². The molecule has 2 atom stereocenters. The highest BCUT2D eigenvalue weighted by Crippen LogP contribution is 2.42. The lowest BCUT2D eigenvalue weighted by Gasteiger charge is -2.23. The number of carbonyl (C=O) groups is 2. The Balaban J connectivity index is 1.81. The predicted molar refractivity (Wildman–Crippen MR) is 71.3 cm³/mol. The molecule has 0 bridgehead atoms. The molecule has 21 heavy (non-hydrogen) atoms. The molecule has 1 aromatic rings. The Morgan fingerprint density at radius 1 is 1.24 bits per heavy atom. The van der Waals surface area contributed by atoms with E-state index in [4.69, 9.17) is 0 Å². The van der Waals surface area contributed by atoms with Gasteiger partial charge < -0.3 is 5.11 Å². The molecule has 7 nitrogen and oxygen atoms in total. The zero-order chi connectivity index (χ0) is 14.8. The number of carbonyl (C=O) groups excluding carboxylic acids is 2. The summed E-state index contributed by atoms with van der Waals surface area (Å²) in [5, 5.41) is 17.3. The van der Waals surface area contributed by atoms with Crippen LogP contribution in [0.15, 0.2) is 40.3 Å². The van der Waals surface area contributed by atoms with Crippen molar-refractivity contribution in [2.24, 2.45) is 22.1 Å². The number of hydrogen-bond donors (Lipinski definition) is 1. The number of aliphatic hydroxyl groups is 1. The van der Waals surface area contributed by atoms with Crippen LogP contribution in [-0.2, 0) is 4.79 Å². The number of aromatic nitrogens is 2. The van der Waals surface area contributed by atoms with Crippen molar-refractivity contribution in [3.05, 3.63) is 35.7 Å². The Bertz CT molecular complexity index is 639. The maximum atomic E-state index is 12.2. The zero-order valence-corrected chi connectivity index (χ0v) is 11.3. The lowest BCUT2D eigenvalue weighted by atomic mass is 9.80.